The maximum atomic E-state index is 14.1. The van der Waals surface area contributed by atoms with Gasteiger partial charge in [-0.05, 0) is 144 Å². The second-order valence-electron chi connectivity index (χ2n) is 23.4. The molecule has 0 saturated heterocycles. The first-order chi connectivity index (χ1) is 45.0. The summed E-state index contributed by atoms with van der Waals surface area (Å²) in [4.78, 5) is 27.9. The molecule has 0 aliphatic heterocycles. The number of hydrogen-bond donors (Lipinski definition) is 0. The van der Waals surface area contributed by atoms with Gasteiger partial charge in [0.2, 0.25) is 20.3 Å². The number of carbonyl (C=O) groups excluding carboxylic acids is 1. The number of esters is 1. The van der Waals surface area contributed by atoms with E-state index in [4.69, 9.17) is 90.7 Å². The van der Waals surface area contributed by atoms with Crippen molar-refractivity contribution in [3.05, 3.63) is 225 Å². The zero-order valence-electron chi connectivity index (χ0n) is 53.3. The summed E-state index contributed by atoms with van der Waals surface area (Å²) in [5.74, 6) is 2.60. The molecule has 7 aromatic carbocycles. The van der Waals surface area contributed by atoms with Crippen molar-refractivity contribution in [2.45, 2.75) is 81.6 Å². The number of nitrogens with zero attached hydrogens (tertiary/aromatic N) is 4. The van der Waals surface area contributed by atoms with Gasteiger partial charge in [0.25, 0.3) is 10.1 Å². The first-order valence-corrected chi connectivity index (χ1v) is 36.0. The number of methoxy groups -OCH3 is 4. The molecule has 0 spiro atoms. The monoisotopic (exact) mass is 1380 g/mol. The van der Waals surface area contributed by atoms with Crippen LogP contribution in [0.4, 0.5) is 0 Å². The average Bonchev–Trinajstić information content (AvgIpc) is 1.08. The van der Waals surface area contributed by atoms with E-state index in [9.17, 15) is 13.2 Å². The third-order valence-corrected chi connectivity index (χ3v) is 23.4. The molecule has 0 amide bonds. The molecular weight excluding hydrogens is 1320 g/mol. The van der Waals surface area contributed by atoms with Crippen LogP contribution in [-0.4, -0.2) is 95.9 Å². The predicted molar refractivity (Wildman–Crippen MR) is 368 cm³/mol. The first-order valence-electron chi connectivity index (χ1n) is 29.7. The summed E-state index contributed by atoms with van der Waals surface area (Å²) >= 11 is 22.7. The van der Waals surface area contributed by atoms with Crippen LogP contribution in [0.2, 0.25) is 33.3 Å². The molecule has 0 fully saturated rings. The fourth-order valence-electron chi connectivity index (χ4n) is 10.2. The van der Waals surface area contributed by atoms with E-state index in [1.165, 1.54) is 19.2 Å². The van der Waals surface area contributed by atoms with Crippen molar-refractivity contribution in [2.75, 3.05) is 41.7 Å². The van der Waals surface area contributed by atoms with Crippen LogP contribution in [0.15, 0.2) is 181 Å². The molecule has 2 atom stereocenters. The number of pyridine rings is 1. The van der Waals surface area contributed by atoms with Gasteiger partial charge >= 0.3 is 5.97 Å². The summed E-state index contributed by atoms with van der Waals surface area (Å²) < 4.78 is 95.1. The molecule has 0 unspecified atom stereocenters. The van der Waals surface area contributed by atoms with Crippen LogP contribution in [0.3, 0.4) is 0 Å². The minimum atomic E-state index is -4.37. The van der Waals surface area contributed by atoms with Crippen molar-refractivity contribution in [3.8, 4) is 62.9 Å². The maximum absolute atomic E-state index is 14.1. The van der Waals surface area contributed by atoms with Gasteiger partial charge in [-0.3, -0.25) is 4.18 Å². The first kappa shape index (κ1) is 68.5. The Kier molecular flexibility index (Phi) is 21.5. The van der Waals surface area contributed by atoms with Gasteiger partial charge in [-0.1, -0.05) is 140 Å². The van der Waals surface area contributed by atoms with E-state index in [0.29, 0.717) is 83.7 Å². The minimum Gasteiger partial charge on any atom is -0.543 e. The highest BCUT2D eigenvalue weighted by Crippen LogP contribution is 2.47. The predicted octanol–water partition coefficient (Wildman–Crippen LogP) is 16.4. The molecule has 23 heteroatoms. The third-order valence-electron chi connectivity index (χ3n) is 16.2. The van der Waals surface area contributed by atoms with E-state index in [2.05, 4.69) is 43.8 Å². The fraction of sp³-hybridized carbons (Fsp3) is 0.254. The van der Waals surface area contributed by atoms with Gasteiger partial charge in [-0.2, -0.15) is 12.8 Å². The molecule has 0 saturated carbocycles. The number of carbonyl (C=O) groups is 1. The molecule has 0 N–H and O–H groups in total. The lowest BCUT2D eigenvalue weighted by molar-refractivity contribution is -0.148. The molecule has 94 heavy (non-hydrogen) atoms. The molecule has 3 aromatic heterocycles. The minimum absolute atomic E-state index is 0.00926. The van der Waals surface area contributed by atoms with E-state index < -0.39 is 48.8 Å². The number of benzene rings is 7. The van der Waals surface area contributed by atoms with Crippen molar-refractivity contribution >= 4 is 80.8 Å². The number of rotatable bonds is 27. The highest BCUT2D eigenvalue weighted by molar-refractivity contribution is 7.86. The van der Waals surface area contributed by atoms with Gasteiger partial charge in [0, 0.05) is 29.9 Å². The van der Waals surface area contributed by atoms with Crippen LogP contribution >= 0.6 is 46.3 Å². The molecule has 0 bridgehead atoms. The molecule has 0 aliphatic rings. The number of ether oxygens (including phenoxy) is 8. The van der Waals surface area contributed by atoms with Gasteiger partial charge in [-0.15, -0.1) is 0 Å². The Morgan fingerprint density at radius 1 is 0.681 bits per heavy atom. The van der Waals surface area contributed by atoms with Crippen LogP contribution in [0.25, 0.3) is 32.6 Å². The number of aromatic nitrogens is 4. The van der Waals surface area contributed by atoms with Gasteiger partial charge in [0.05, 0.1) is 71.3 Å². The molecule has 10 aromatic rings. The van der Waals surface area contributed by atoms with Crippen LogP contribution in [0, 0.1) is 6.92 Å². The second kappa shape index (κ2) is 29.5. The summed E-state index contributed by atoms with van der Waals surface area (Å²) in [6.45, 7) is 11.8. The summed E-state index contributed by atoms with van der Waals surface area (Å²) in [5.41, 5.74) is 4.17. The van der Waals surface area contributed by atoms with Crippen LogP contribution in [0.1, 0.15) is 54.3 Å². The Hall–Kier alpha value is -8.31. The van der Waals surface area contributed by atoms with E-state index in [1.54, 1.807) is 70.1 Å². The summed E-state index contributed by atoms with van der Waals surface area (Å²) in [5, 5.41) is 0.251. The number of hydrogen-bond acceptors (Lipinski definition) is 18. The maximum Gasteiger partial charge on any atom is 0.347 e. The van der Waals surface area contributed by atoms with Gasteiger partial charge in [0.1, 0.15) is 58.8 Å². The Morgan fingerprint density at radius 2 is 1.31 bits per heavy atom. The van der Waals surface area contributed by atoms with Crippen LogP contribution < -0.4 is 32.8 Å². The van der Waals surface area contributed by atoms with Crippen LogP contribution in [0.5, 0.6) is 40.4 Å². The standard InChI is InChI=1S/C71H69Cl3N4O13S2Si/c1-44-20-31-55(32-21-44)93(80,81)88-43-54(42-87-71(47-16-12-11-13-17-47,48-22-26-51(82-5)27-23-48)49-24-28-52(83-6)29-25-49)89-65-57(72)37-46(38-58(65)73)63-64-62(40-76-66(63)74)92-78-68(64)90-61(69(79)85-8)39-45-36-53(91-94(9,10)70(2,3)4)30-33-59(45)86-41-50-34-35-75-67(77-50)56-18-14-15-19-60(56)84-7/h11-38,40,54,61H,39,41-43H2,1-10H3/t54-,61+/m1/s1. The summed E-state index contributed by atoms with van der Waals surface area (Å²) in [6.07, 6.45) is 0.593. The van der Waals surface area contributed by atoms with Crippen molar-refractivity contribution in [1.29, 1.82) is 0 Å². The highest BCUT2D eigenvalue weighted by Gasteiger charge is 2.41. The molecule has 3 heterocycles. The summed E-state index contributed by atoms with van der Waals surface area (Å²) in [7, 11) is -0.718. The number of para-hydroxylation sites is 1. The van der Waals surface area contributed by atoms with Crippen LogP contribution in [-0.2, 0) is 47.2 Å². The highest BCUT2D eigenvalue weighted by atomic mass is 35.5. The molecular formula is C71H69Cl3N4O13S2Si. The Bertz CT molecular complexity index is 4340. The molecule has 17 nitrogen and oxygen atoms in total. The lowest BCUT2D eigenvalue weighted by Gasteiger charge is -2.37. The summed E-state index contributed by atoms with van der Waals surface area (Å²) in [6, 6.07) is 48.6. The van der Waals surface area contributed by atoms with Gasteiger partial charge < -0.3 is 42.3 Å². The second-order valence-corrected chi connectivity index (χ2v) is 31.7. The zero-order chi connectivity index (χ0) is 67.0. The van der Waals surface area contributed by atoms with Crippen molar-refractivity contribution < 1.29 is 59.7 Å². The Morgan fingerprint density at radius 3 is 1.94 bits per heavy atom. The van der Waals surface area contributed by atoms with Crippen molar-refractivity contribution in [2.24, 2.45) is 0 Å². The van der Waals surface area contributed by atoms with Gasteiger partial charge in [0.15, 0.2) is 11.6 Å². The average molecular weight is 1380 g/mol. The lowest BCUT2D eigenvalue weighted by Crippen LogP contribution is -2.43. The lowest BCUT2D eigenvalue weighted by atomic mass is 9.80. The molecule has 0 aliphatic carbocycles. The Labute approximate surface area is 567 Å². The fourth-order valence-corrected chi connectivity index (χ4v) is 13.6. The van der Waals surface area contributed by atoms with E-state index in [0.717, 1.165) is 22.7 Å². The number of fused-ring (bicyclic) bond motifs is 1. The third kappa shape index (κ3) is 15.4. The molecule has 10 rings (SSSR count). The zero-order valence-corrected chi connectivity index (χ0v) is 58.2. The van der Waals surface area contributed by atoms with Crippen molar-refractivity contribution in [1.82, 2.24) is 19.3 Å². The largest absolute Gasteiger partial charge is 0.543 e. The van der Waals surface area contributed by atoms with E-state index >= 15 is 0 Å². The number of aryl methyl sites for hydroxylation is 1. The SMILES string of the molecule is COC(=O)[C@H](Cc1cc(O[Si](C)(C)C(C)(C)C)ccc1OCc1ccnc(-c2ccccc2OC)n1)Oc1nsc2cnc(Cl)c(-c3cc(Cl)c(O[C@H](COC(c4ccccc4)(c4ccc(OC)cc4)c4ccc(OC)cc4)COS(=O)(=O)c4ccc(C)cc4)c(Cl)c3)c12. The topological polar surface area (TPSA) is 195 Å². The van der Waals surface area contributed by atoms with E-state index in [-0.39, 0.29) is 56.4 Å². The van der Waals surface area contributed by atoms with E-state index in [1.807, 2.05) is 122 Å². The number of halogens is 3. The van der Waals surface area contributed by atoms with Crippen molar-refractivity contribution in [3.63, 3.8) is 0 Å². The smallest absolute Gasteiger partial charge is 0.347 e. The normalized spacial score (nSPS) is 12.6. The Balaban J connectivity index is 0.994. The quantitative estimate of drug-likeness (QED) is 0.0155. The van der Waals surface area contributed by atoms with Gasteiger partial charge in [-0.25, -0.2) is 19.7 Å². The molecule has 488 valence electrons. The molecule has 0 radical (unpaired) electrons.